The lowest BCUT2D eigenvalue weighted by molar-refractivity contribution is 0.0115. The maximum atomic E-state index is 15.2. The Hall–Kier alpha value is -4.64. The number of likely N-dealkylation sites (tertiary alicyclic amines) is 1. The minimum atomic E-state index is -2.68. The molecule has 200 valence electrons. The minimum absolute atomic E-state index is 0.140. The van der Waals surface area contributed by atoms with Crippen molar-refractivity contribution >= 4 is 22.1 Å². The smallest absolute Gasteiger partial charge is 0.261 e. The zero-order valence-electron chi connectivity index (χ0n) is 20.9. The summed E-state index contributed by atoms with van der Waals surface area (Å²) in [4.78, 5) is 18.1. The minimum Gasteiger partial charge on any atom is -0.335 e. The first kappa shape index (κ1) is 24.4. The van der Waals surface area contributed by atoms with Gasteiger partial charge in [0, 0.05) is 54.6 Å². The molecule has 4 aromatic heterocycles. The Labute approximate surface area is 224 Å². The van der Waals surface area contributed by atoms with Crippen molar-refractivity contribution in [3.05, 3.63) is 84.3 Å². The molecule has 7 nitrogen and oxygen atoms in total. The molecule has 1 aliphatic rings. The van der Waals surface area contributed by atoms with Crippen LogP contribution in [-0.2, 0) is 6.54 Å². The molecule has 0 bridgehead atoms. The monoisotopic (exact) mass is 543 g/mol. The summed E-state index contributed by atoms with van der Waals surface area (Å²) in [6.07, 6.45) is 4.68. The molecule has 0 spiro atoms. The highest BCUT2D eigenvalue weighted by molar-refractivity contribution is 5.97. The van der Waals surface area contributed by atoms with Crippen molar-refractivity contribution in [2.75, 3.05) is 13.1 Å². The van der Waals surface area contributed by atoms with Crippen LogP contribution >= 0.6 is 0 Å². The molecule has 1 aliphatic heterocycles. The van der Waals surface area contributed by atoms with E-state index in [2.05, 4.69) is 30.1 Å². The first-order valence-electron chi connectivity index (χ1n) is 12.7. The molecule has 40 heavy (non-hydrogen) atoms. The first-order valence-corrected chi connectivity index (χ1v) is 12.7. The molecule has 0 aliphatic carbocycles. The van der Waals surface area contributed by atoms with E-state index in [-0.39, 0.29) is 24.3 Å². The van der Waals surface area contributed by atoms with Crippen molar-refractivity contribution in [3.8, 4) is 33.8 Å². The van der Waals surface area contributed by atoms with Gasteiger partial charge in [0.05, 0.1) is 12.1 Å². The second-order valence-corrected chi connectivity index (χ2v) is 10.0. The van der Waals surface area contributed by atoms with Gasteiger partial charge in [0.15, 0.2) is 17.3 Å². The van der Waals surface area contributed by atoms with Gasteiger partial charge in [-0.3, -0.25) is 15.0 Å². The van der Waals surface area contributed by atoms with Crippen LogP contribution in [0.4, 0.5) is 17.6 Å². The van der Waals surface area contributed by atoms with E-state index in [1.165, 1.54) is 18.2 Å². The highest BCUT2D eigenvalue weighted by Gasteiger charge is 2.37. The van der Waals surface area contributed by atoms with Crippen LogP contribution in [-0.4, -0.2) is 54.0 Å². The number of imidazole rings is 1. The summed E-state index contributed by atoms with van der Waals surface area (Å²) in [7, 11) is 0. The van der Waals surface area contributed by atoms with Crippen molar-refractivity contribution in [2.45, 2.75) is 18.9 Å². The lowest BCUT2D eigenvalue weighted by atomic mass is 10.0. The summed E-state index contributed by atoms with van der Waals surface area (Å²) < 4.78 is 56.4. The molecular formula is C29H21F4N7. The Morgan fingerprint density at radius 1 is 0.975 bits per heavy atom. The first-order chi connectivity index (χ1) is 19.3. The summed E-state index contributed by atoms with van der Waals surface area (Å²) in [5.41, 5.74) is 4.97. The number of pyridine rings is 2. The molecule has 0 amide bonds. The maximum Gasteiger partial charge on any atom is 0.261 e. The predicted octanol–water partition coefficient (Wildman–Crippen LogP) is 6.35. The van der Waals surface area contributed by atoms with Crippen LogP contribution in [0.15, 0.2) is 67.1 Å². The maximum absolute atomic E-state index is 15.2. The van der Waals surface area contributed by atoms with Crippen LogP contribution < -0.4 is 0 Å². The molecule has 0 unspecified atom stereocenters. The van der Waals surface area contributed by atoms with Crippen LogP contribution in [0, 0.1) is 11.6 Å². The van der Waals surface area contributed by atoms with Gasteiger partial charge in [-0.25, -0.2) is 27.5 Å². The molecule has 1 saturated heterocycles. The van der Waals surface area contributed by atoms with Crippen LogP contribution in [0.2, 0.25) is 0 Å². The van der Waals surface area contributed by atoms with Gasteiger partial charge in [0.25, 0.3) is 5.92 Å². The fraction of sp³-hybridized carbons (Fsp3) is 0.172. The molecule has 2 aromatic carbocycles. The fourth-order valence-corrected chi connectivity index (χ4v) is 5.28. The fourth-order valence-electron chi connectivity index (χ4n) is 5.28. The molecule has 0 saturated carbocycles. The SMILES string of the molecule is Fc1cccc(-c2ccnc3nc(-c4[nH]nc5c(F)cc(-c6cncc(CN7CCC(F)(F)C7)c6)cc45)[nH]c23)c1. The average molecular weight is 544 g/mol. The number of benzene rings is 2. The molecule has 7 rings (SSSR count). The molecule has 6 aromatic rings. The van der Waals surface area contributed by atoms with Gasteiger partial charge in [-0.1, -0.05) is 12.1 Å². The van der Waals surface area contributed by atoms with E-state index < -0.39 is 11.7 Å². The lowest BCUT2D eigenvalue weighted by Gasteiger charge is -2.15. The number of halogens is 4. The normalized spacial score (nSPS) is 15.4. The number of aromatic nitrogens is 6. The number of alkyl halides is 2. The molecule has 0 atom stereocenters. The summed E-state index contributed by atoms with van der Waals surface area (Å²) in [5, 5.41) is 7.54. The molecule has 2 N–H and O–H groups in total. The van der Waals surface area contributed by atoms with Crippen molar-refractivity contribution < 1.29 is 17.6 Å². The number of H-pyrrole nitrogens is 2. The molecule has 0 radical (unpaired) electrons. The van der Waals surface area contributed by atoms with Gasteiger partial charge in [-0.05, 0) is 53.1 Å². The van der Waals surface area contributed by atoms with Crippen molar-refractivity contribution in [3.63, 3.8) is 0 Å². The van der Waals surface area contributed by atoms with Crippen molar-refractivity contribution in [1.82, 2.24) is 35.0 Å². The third-order valence-corrected chi connectivity index (χ3v) is 7.16. The van der Waals surface area contributed by atoms with E-state index in [0.717, 1.165) is 11.1 Å². The summed E-state index contributed by atoms with van der Waals surface area (Å²) in [6, 6.07) is 13.0. The largest absolute Gasteiger partial charge is 0.335 e. The van der Waals surface area contributed by atoms with Crippen molar-refractivity contribution in [2.24, 2.45) is 0 Å². The van der Waals surface area contributed by atoms with Crippen LogP contribution in [0.1, 0.15) is 12.0 Å². The number of aromatic amines is 2. The van der Waals surface area contributed by atoms with E-state index in [9.17, 15) is 13.2 Å². The number of hydrogen-bond donors (Lipinski definition) is 2. The van der Waals surface area contributed by atoms with Gasteiger partial charge in [0.1, 0.15) is 17.0 Å². The zero-order valence-corrected chi connectivity index (χ0v) is 20.9. The Balaban J connectivity index is 1.27. The Morgan fingerprint density at radius 2 is 1.88 bits per heavy atom. The topological polar surface area (TPSA) is 86.4 Å². The van der Waals surface area contributed by atoms with E-state index in [1.807, 2.05) is 6.07 Å². The summed E-state index contributed by atoms with van der Waals surface area (Å²) in [6.45, 7) is 0.352. The highest BCUT2D eigenvalue weighted by Crippen LogP contribution is 2.34. The summed E-state index contributed by atoms with van der Waals surface area (Å²) >= 11 is 0. The standard InChI is InChI=1S/C29H21F4N7/c30-20-3-1-2-17(9-20)21-4-6-35-27-25(21)36-28(37-27)26-22-10-18(11-23(31)24(22)38-39-26)19-8-16(12-34-13-19)14-40-7-5-29(32,33)15-40/h1-4,6,8-13H,5,7,14-15H2,(H,38,39)(H,35,36,37). The van der Waals surface area contributed by atoms with Gasteiger partial charge in [-0.2, -0.15) is 5.10 Å². The molecule has 11 heteroatoms. The third-order valence-electron chi connectivity index (χ3n) is 7.16. The summed E-state index contributed by atoms with van der Waals surface area (Å²) in [5.74, 6) is -3.18. The zero-order chi connectivity index (χ0) is 27.4. The Bertz CT molecular complexity index is 1890. The Morgan fingerprint density at radius 3 is 2.70 bits per heavy atom. The lowest BCUT2D eigenvalue weighted by Crippen LogP contribution is -2.24. The van der Waals surface area contributed by atoms with E-state index in [0.29, 0.717) is 57.8 Å². The van der Waals surface area contributed by atoms with Gasteiger partial charge in [-0.15, -0.1) is 0 Å². The van der Waals surface area contributed by atoms with Gasteiger partial charge >= 0.3 is 0 Å². The molecular weight excluding hydrogens is 522 g/mol. The van der Waals surface area contributed by atoms with Crippen LogP contribution in [0.3, 0.4) is 0 Å². The Kier molecular flexibility index (Phi) is 5.63. The van der Waals surface area contributed by atoms with Gasteiger partial charge < -0.3 is 4.98 Å². The van der Waals surface area contributed by atoms with Crippen molar-refractivity contribution in [1.29, 1.82) is 0 Å². The second kappa shape index (κ2) is 9.23. The number of nitrogens with one attached hydrogen (secondary N) is 2. The number of rotatable bonds is 5. The number of nitrogens with zero attached hydrogens (tertiary/aromatic N) is 5. The van der Waals surface area contributed by atoms with E-state index in [1.54, 1.807) is 47.8 Å². The predicted molar refractivity (Wildman–Crippen MR) is 142 cm³/mol. The highest BCUT2D eigenvalue weighted by atomic mass is 19.3. The van der Waals surface area contributed by atoms with Gasteiger partial charge in [0.2, 0.25) is 0 Å². The third kappa shape index (κ3) is 4.37. The van der Waals surface area contributed by atoms with Crippen LogP contribution in [0.25, 0.3) is 55.8 Å². The quantitative estimate of drug-likeness (QED) is 0.248. The number of hydrogen-bond acceptors (Lipinski definition) is 5. The van der Waals surface area contributed by atoms with Crippen LogP contribution in [0.5, 0.6) is 0 Å². The van der Waals surface area contributed by atoms with E-state index >= 15 is 4.39 Å². The average Bonchev–Trinajstić information content (AvgIpc) is 3.64. The molecule has 5 heterocycles. The second-order valence-electron chi connectivity index (χ2n) is 10.0. The number of fused-ring (bicyclic) bond motifs is 2. The molecule has 1 fully saturated rings. The van der Waals surface area contributed by atoms with E-state index in [4.69, 9.17) is 0 Å².